The van der Waals surface area contributed by atoms with Crippen molar-refractivity contribution >= 4 is 41.0 Å². The number of anilines is 2. The zero-order valence-electron chi connectivity index (χ0n) is 15.8. The zero-order chi connectivity index (χ0) is 21.4. The molecule has 30 heavy (non-hydrogen) atoms. The molecule has 9 nitrogen and oxygen atoms in total. The number of hydrogen-bond acceptors (Lipinski definition) is 7. The third-order valence-electron chi connectivity index (χ3n) is 4.70. The number of imide groups is 1. The summed E-state index contributed by atoms with van der Waals surface area (Å²) in [5, 5.41) is 2.60. The number of esters is 2. The molecule has 4 rings (SSSR count). The molecule has 0 aliphatic carbocycles. The Morgan fingerprint density at radius 3 is 2.37 bits per heavy atom. The molecule has 0 aromatic heterocycles. The number of nitrogens with zero attached hydrogens (tertiary/aromatic N) is 1. The van der Waals surface area contributed by atoms with Gasteiger partial charge in [-0.3, -0.25) is 14.4 Å². The van der Waals surface area contributed by atoms with Crippen molar-refractivity contribution in [3.05, 3.63) is 59.2 Å². The first kappa shape index (κ1) is 19.3. The van der Waals surface area contributed by atoms with Crippen LogP contribution in [0.15, 0.2) is 42.5 Å². The van der Waals surface area contributed by atoms with E-state index in [2.05, 4.69) is 5.32 Å². The Labute approximate surface area is 170 Å². The third kappa shape index (κ3) is 3.41. The lowest BCUT2D eigenvalue weighted by Gasteiger charge is -2.14. The average Bonchev–Trinajstić information content (AvgIpc) is 3.23. The van der Waals surface area contributed by atoms with Crippen LogP contribution in [-0.4, -0.2) is 42.4 Å². The van der Waals surface area contributed by atoms with Crippen molar-refractivity contribution < 1.29 is 33.4 Å². The van der Waals surface area contributed by atoms with Gasteiger partial charge in [0.1, 0.15) is 0 Å². The second-order valence-corrected chi connectivity index (χ2v) is 6.78. The summed E-state index contributed by atoms with van der Waals surface area (Å²) in [5.74, 6) is -2.74. The second kappa shape index (κ2) is 7.43. The molecule has 1 saturated heterocycles. The van der Waals surface area contributed by atoms with Gasteiger partial charge in [0.25, 0.3) is 11.8 Å². The molecule has 0 radical (unpaired) electrons. The number of hydrogen-bond donors (Lipinski definition) is 1. The summed E-state index contributed by atoms with van der Waals surface area (Å²) in [6.07, 6.45) is -0.698. The van der Waals surface area contributed by atoms with E-state index < -0.39 is 29.9 Å². The van der Waals surface area contributed by atoms with Crippen molar-refractivity contribution in [1.29, 1.82) is 0 Å². The summed E-state index contributed by atoms with van der Waals surface area (Å²) in [7, 11) is 0. The Morgan fingerprint density at radius 1 is 1.03 bits per heavy atom. The Bertz CT molecular complexity index is 1090. The van der Waals surface area contributed by atoms with Crippen molar-refractivity contribution in [1.82, 2.24) is 0 Å². The molecule has 1 atom stereocenters. The molecule has 2 aliphatic heterocycles. The first-order valence-electron chi connectivity index (χ1n) is 9.13. The van der Waals surface area contributed by atoms with Crippen LogP contribution in [0.4, 0.5) is 11.4 Å². The van der Waals surface area contributed by atoms with Crippen LogP contribution in [-0.2, 0) is 19.1 Å². The summed E-state index contributed by atoms with van der Waals surface area (Å²) in [4.78, 5) is 61.5. The van der Waals surface area contributed by atoms with Crippen molar-refractivity contribution in [2.45, 2.75) is 19.4 Å². The van der Waals surface area contributed by atoms with Gasteiger partial charge in [-0.25, -0.2) is 14.5 Å². The normalized spacial score (nSPS) is 17.6. The van der Waals surface area contributed by atoms with Crippen LogP contribution >= 0.6 is 0 Å². The largest absolute Gasteiger partial charge is 0.463 e. The molecule has 152 valence electrons. The molecule has 0 spiro atoms. The number of cyclic esters (lactones) is 1. The molecule has 9 heteroatoms. The monoisotopic (exact) mass is 408 g/mol. The molecule has 1 fully saturated rings. The smallest absolute Gasteiger partial charge is 0.347 e. The molecule has 2 aromatic carbocycles. The lowest BCUT2D eigenvalue weighted by atomic mass is 10.1. The summed E-state index contributed by atoms with van der Waals surface area (Å²) in [5.41, 5.74) is 1.13. The predicted octanol–water partition coefficient (Wildman–Crippen LogP) is 1.92. The summed E-state index contributed by atoms with van der Waals surface area (Å²) < 4.78 is 9.89. The van der Waals surface area contributed by atoms with Crippen LogP contribution in [0.1, 0.15) is 44.4 Å². The number of amides is 3. The van der Waals surface area contributed by atoms with E-state index in [1.54, 1.807) is 12.1 Å². The number of fused-ring (bicyclic) bond motifs is 1. The first-order valence-corrected chi connectivity index (χ1v) is 9.13. The maximum absolute atomic E-state index is 12.9. The zero-order valence-corrected chi connectivity index (χ0v) is 15.8. The van der Waals surface area contributed by atoms with E-state index in [-0.39, 0.29) is 35.6 Å². The van der Waals surface area contributed by atoms with Gasteiger partial charge in [0, 0.05) is 19.0 Å². The van der Waals surface area contributed by atoms with E-state index >= 15 is 0 Å². The van der Waals surface area contributed by atoms with Crippen molar-refractivity contribution in [2.75, 3.05) is 16.8 Å². The fourth-order valence-corrected chi connectivity index (χ4v) is 3.28. The average molecular weight is 408 g/mol. The highest BCUT2D eigenvalue weighted by Crippen LogP contribution is 2.30. The maximum atomic E-state index is 12.9. The van der Waals surface area contributed by atoms with Crippen LogP contribution in [0.3, 0.4) is 0 Å². The Kier molecular flexibility index (Phi) is 4.78. The van der Waals surface area contributed by atoms with E-state index in [9.17, 15) is 24.0 Å². The number of carbonyl (C=O) groups excluding carboxylic acids is 5. The summed E-state index contributed by atoms with van der Waals surface area (Å²) in [6, 6.07) is 10.2. The van der Waals surface area contributed by atoms with Crippen LogP contribution < -0.4 is 10.2 Å². The van der Waals surface area contributed by atoms with Crippen molar-refractivity contribution in [3.63, 3.8) is 0 Å². The lowest BCUT2D eigenvalue weighted by molar-refractivity contribution is -0.145. The molecule has 0 unspecified atom stereocenters. The van der Waals surface area contributed by atoms with Gasteiger partial charge < -0.3 is 14.8 Å². The second-order valence-electron chi connectivity index (χ2n) is 6.78. The minimum absolute atomic E-state index is 0.0532. The van der Waals surface area contributed by atoms with Crippen molar-refractivity contribution in [3.8, 4) is 0 Å². The number of benzene rings is 2. The van der Waals surface area contributed by atoms with Crippen LogP contribution in [0.25, 0.3) is 0 Å². The molecule has 3 amide bonds. The van der Waals surface area contributed by atoms with Gasteiger partial charge in [-0.1, -0.05) is 0 Å². The van der Waals surface area contributed by atoms with Gasteiger partial charge >= 0.3 is 11.9 Å². The molecular weight excluding hydrogens is 392 g/mol. The Hall–Kier alpha value is -4.01. The molecule has 2 aromatic rings. The molecule has 0 bridgehead atoms. The number of rotatable bonds is 4. The molecular formula is C21H16N2O7. The van der Waals surface area contributed by atoms with Gasteiger partial charge in [0.2, 0.25) is 12.0 Å². The Morgan fingerprint density at radius 2 is 1.73 bits per heavy atom. The van der Waals surface area contributed by atoms with E-state index in [1.165, 1.54) is 37.3 Å². The number of carbonyl (C=O) groups is 5. The maximum Gasteiger partial charge on any atom is 0.347 e. The lowest BCUT2D eigenvalue weighted by Crippen LogP contribution is -2.29. The van der Waals surface area contributed by atoms with Crippen LogP contribution in [0.2, 0.25) is 0 Å². The molecule has 2 heterocycles. The topological polar surface area (TPSA) is 119 Å². The van der Waals surface area contributed by atoms with Crippen LogP contribution in [0.5, 0.6) is 0 Å². The van der Waals surface area contributed by atoms with Crippen LogP contribution in [0, 0.1) is 0 Å². The minimum atomic E-state index is -0.971. The Balaban J connectivity index is 1.56. The summed E-state index contributed by atoms with van der Waals surface area (Å²) >= 11 is 0. The predicted molar refractivity (Wildman–Crippen MR) is 103 cm³/mol. The first-order chi connectivity index (χ1) is 14.3. The number of nitrogens with one attached hydrogen (secondary N) is 1. The van der Waals surface area contributed by atoms with Gasteiger partial charge in [-0.15, -0.1) is 0 Å². The number of ether oxygens (including phenoxy) is 2. The molecule has 1 N–H and O–H groups in total. The SMILES string of the molecule is CC(=O)Nc1ccc(N2C(=O)c3ccc(C(=O)O[C@H]4CCOC4=O)cc3C2=O)cc1. The fourth-order valence-electron chi connectivity index (χ4n) is 3.28. The quantitative estimate of drug-likeness (QED) is 0.606. The highest BCUT2D eigenvalue weighted by Gasteiger charge is 2.38. The van der Waals surface area contributed by atoms with E-state index in [1.807, 2.05) is 0 Å². The standard InChI is InChI=1S/C21H16N2O7/c1-11(24)22-13-3-5-14(6-4-13)23-18(25)15-7-2-12(10-16(15)19(23)26)20(27)30-17-8-9-29-21(17)28/h2-7,10,17H,8-9H2,1H3,(H,22,24)/t17-/m0/s1. The molecule has 2 aliphatic rings. The van der Waals surface area contributed by atoms with E-state index in [4.69, 9.17) is 9.47 Å². The minimum Gasteiger partial charge on any atom is -0.463 e. The molecule has 0 saturated carbocycles. The third-order valence-corrected chi connectivity index (χ3v) is 4.70. The van der Waals surface area contributed by atoms with Gasteiger partial charge in [0.05, 0.1) is 29.0 Å². The fraction of sp³-hybridized carbons (Fsp3) is 0.190. The highest BCUT2D eigenvalue weighted by molar-refractivity contribution is 6.34. The van der Waals surface area contributed by atoms with Gasteiger partial charge in [0.15, 0.2) is 0 Å². The summed E-state index contributed by atoms with van der Waals surface area (Å²) in [6.45, 7) is 1.56. The van der Waals surface area contributed by atoms with E-state index in [0.29, 0.717) is 11.4 Å². The highest BCUT2D eigenvalue weighted by atomic mass is 16.6. The van der Waals surface area contributed by atoms with Gasteiger partial charge in [-0.2, -0.15) is 0 Å². The van der Waals surface area contributed by atoms with Crippen molar-refractivity contribution in [2.24, 2.45) is 0 Å². The van der Waals surface area contributed by atoms with Gasteiger partial charge in [-0.05, 0) is 42.5 Å². The van der Waals surface area contributed by atoms with E-state index in [0.717, 1.165) is 4.90 Å².